The molecule has 1 aliphatic rings. The minimum Gasteiger partial charge on any atom is -0.469 e. The lowest BCUT2D eigenvalue weighted by Gasteiger charge is -2.32. The summed E-state index contributed by atoms with van der Waals surface area (Å²) in [6.45, 7) is 7.74. The molecule has 1 saturated heterocycles. The summed E-state index contributed by atoms with van der Waals surface area (Å²) in [6.07, 6.45) is 0.0449. The van der Waals surface area contributed by atoms with Gasteiger partial charge in [-0.25, -0.2) is 4.39 Å². The van der Waals surface area contributed by atoms with Crippen LogP contribution >= 0.6 is 15.9 Å². The summed E-state index contributed by atoms with van der Waals surface area (Å²) in [6, 6.07) is 4.52. The highest BCUT2D eigenvalue weighted by Gasteiger charge is 2.54. The largest absolute Gasteiger partial charge is 0.469 e. The lowest BCUT2D eigenvalue weighted by atomic mass is 9.66. The minimum atomic E-state index is -0.659. The molecular weight excluding hydrogens is 366 g/mol. The normalized spacial score (nSPS) is 20.4. The van der Waals surface area contributed by atoms with Crippen molar-refractivity contribution in [2.45, 2.75) is 51.1 Å². The van der Waals surface area contributed by atoms with Gasteiger partial charge < -0.3 is 14.0 Å². The third kappa shape index (κ3) is 3.95. The van der Waals surface area contributed by atoms with E-state index in [1.807, 2.05) is 27.7 Å². The predicted molar refractivity (Wildman–Crippen MR) is 89.6 cm³/mol. The second-order valence-corrected chi connectivity index (χ2v) is 7.63. The number of esters is 1. The zero-order valence-electron chi connectivity index (χ0n) is 14.0. The molecule has 126 valence electrons. The maximum atomic E-state index is 13.8. The third-order valence-corrected chi connectivity index (χ3v) is 4.99. The van der Waals surface area contributed by atoms with Crippen LogP contribution in [0.1, 0.15) is 45.5 Å². The average molecular weight is 387 g/mol. The SMILES string of the molecule is COC(=O)CC(B1OC(C)(C)C(C)(C)O1)c1cc(F)cc(Br)c1. The second-order valence-electron chi connectivity index (χ2n) is 6.71. The molecule has 1 aromatic carbocycles. The highest BCUT2D eigenvalue weighted by Crippen LogP contribution is 2.42. The first-order valence-electron chi connectivity index (χ1n) is 7.44. The molecule has 0 N–H and O–H groups in total. The summed E-state index contributed by atoms with van der Waals surface area (Å²) in [7, 11) is 0.665. The number of methoxy groups -OCH3 is 1. The Labute approximate surface area is 145 Å². The van der Waals surface area contributed by atoms with Crippen molar-refractivity contribution in [2.24, 2.45) is 0 Å². The van der Waals surface area contributed by atoms with Crippen molar-refractivity contribution >= 4 is 29.0 Å². The van der Waals surface area contributed by atoms with Gasteiger partial charge in [-0.1, -0.05) is 15.9 Å². The van der Waals surface area contributed by atoms with Gasteiger partial charge in [0.2, 0.25) is 0 Å². The molecule has 1 aliphatic heterocycles. The highest BCUT2D eigenvalue weighted by atomic mass is 79.9. The summed E-state index contributed by atoms with van der Waals surface area (Å²) in [5.41, 5.74) is -0.437. The molecule has 0 radical (unpaired) electrons. The zero-order valence-corrected chi connectivity index (χ0v) is 15.6. The Morgan fingerprint density at radius 2 is 1.83 bits per heavy atom. The molecule has 0 spiro atoms. The molecular formula is C16H21BBrFO4. The zero-order chi connectivity index (χ0) is 17.4. The minimum absolute atomic E-state index is 0.0449. The Bertz CT molecular complexity index is 569. The van der Waals surface area contributed by atoms with Crippen LogP contribution in [-0.2, 0) is 18.8 Å². The van der Waals surface area contributed by atoms with E-state index in [9.17, 15) is 9.18 Å². The number of ether oxygens (including phenoxy) is 1. The Morgan fingerprint density at radius 1 is 1.26 bits per heavy atom. The maximum Gasteiger partial charge on any atom is 0.466 e. The van der Waals surface area contributed by atoms with Crippen LogP contribution in [0.2, 0.25) is 0 Å². The second kappa shape index (κ2) is 6.53. The van der Waals surface area contributed by atoms with Gasteiger partial charge in [-0.2, -0.15) is 0 Å². The fraction of sp³-hybridized carbons (Fsp3) is 0.562. The van der Waals surface area contributed by atoms with Gasteiger partial charge in [-0.15, -0.1) is 0 Å². The Kier molecular flexibility index (Phi) is 5.23. The molecule has 23 heavy (non-hydrogen) atoms. The fourth-order valence-electron chi connectivity index (χ4n) is 2.48. The van der Waals surface area contributed by atoms with Crippen LogP contribution in [0.15, 0.2) is 22.7 Å². The molecule has 0 bridgehead atoms. The van der Waals surface area contributed by atoms with Crippen LogP contribution in [0, 0.1) is 5.82 Å². The van der Waals surface area contributed by atoms with Gasteiger partial charge in [0.15, 0.2) is 0 Å². The molecule has 0 aliphatic carbocycles. The van der Waals surface area contributed by atoms with Crippen molar-refractivity contribution < 1.29 is 23.2 Å². The lowest BCUT2D eigenvalue weighted by molar-refractivity contribution is -0.140. The third-order valence-electron chi connectivity index (χ3n) is 4.53. The van der Waals surface area contributed by atoms with E-state index >= 15 is 0 Å². The summed E-state index contributed by atoms with van der Waals surface area (Å²) in [5.74, 6) is -1.25. The smallest absolute Gasteiger partial charge is 0.466 e. The van der Waals surface area contributed by atoms with Gasteiger partial charge in [0.25, 0.3) is 0 Å². The van der Waals surface area contributed by atoms with E-state index in [-0.39, 0.29) is 12.2 Å². The molecule has 1 heterocycles. The first-order valence-corrected chi connectivity index (χ1v) is 8.23. The van der Waals surface area contributed by atoms with E-state index in [1.165, 1.54) is 19.2 Å². The number of hydrogen-bond donors (Lipinski definition) is 0. The number of carbonyl (C=O) groups excluding carboxylic acids is 1. The maximum absolute atomic E-state index is 13.8. The van der Waals surface area contributed by atoms with Gasteiger partial charge in [0, 0.05) is 10.3 Å². The summed E-state index contributed by atoms with van der Waals surface area (Å²) >= 11 is 3.28. The van der Waals surface area contributed by atoms with Gasteiger partial charge in [-0.3, -0.25) is 4.79 Å². The van der Waals surface area contributed by atoms with E-state index in [4.69, 9.17) is 14.0 Å². The van der Waals surface area contributed by atoms with Crippen LogP contribution in [-0.4, -0.2) is 31.4 Å². The van der Waals surface area contributed by atoms with Gasteiger partial charge in [0.1, 0.15) is 5.82 Å². The quantitative estimate of drug-likeness (QED) is 0.582. The van der Waals surface area contributed by atoms with Crippen molar-refractivity contribution in [1.29, 1.82) is 0 Å². The number of hydrogen-bond acceptors (Lipinski definition) is 4. The predicted octanol–water partition coefficient (Wildman–Crippen LogP) is 3.87. The molecule has 1 unspecified atom stereocenters. The molecule has 1 fully saturated rings. The summed E-state index contributed by atoms with van der Waals surface area (Å²) < 4.78 is 31.2. The van der Waals surface area contributed by atoms with E-state index in [0.29, 0.717) is 10.0 Å². The van der Waals surface area contributed by atoms with Crippen molar-refractivity contribution in [3.63, 3.8) is 0 Å². The van der Waals surface area contributed by atoms with E-state index in [0.717, 1.165) is 0 Å². The lowest BCUT2D eigenvalue weighted by Crippen LogP contribution is -2.41. The standard InChI is InChI=1S/C16H21BBrFO4/c1-15(2)16(3,4)23-17(22-15)13(9-14(20)21-5)10-6-11(18)8-12(19)7-10/h6-8,13H,9H2,1-5H3. The molecule has 2 rings (SSSR count). The molecule has 0 aromatic heterocycles. The molecule has 0 saturated carbocycles. The first-order chi connectivity index (χ1) is 10.6. The molecule has 1 aromatic rings. The summed E-state index contributed by atoms with van der Waals surface area (Å²) in [4.78, 5) is 11.8. The molecule has 0 amide bonds. The number of benzene rings is 1. The van der Waals surface area contributed by atoms with Gasteiger partial charge in [0.05, 0.1) is 24.7 Å². The van der Waals surface area contributed by atoms with Crippen molar-refractivity contribution in [1.82, 2.24) is 0 Å². The Morgan fingerprint density at radius 3 is 2.30 bits per heavy atom. The Hall–Kier alpha value is -0.915. The van der Waals surface area contributed by atoms with Crippen molar-refractivity contribution in [2.75, 3.05) is 7.11 Å². The van der Waals surface area contributed by atoms with E-state index < -0.39 is 30.1 Å². The van der Waals surface area contributed by atoms with Gasteiger partial charge >= 0.3 is 13.1 Å². The van der Waals surface area contributed by atoms with E-state index in [1.54, 1.807) is 6.07 Å². The topological polar surface area (TPSA) is 44.8 Å². The molecule has 4 nitrogen and oxygen atoms in total. The van der Waals surface area contributed by atoms with Crippen molar-refractivity contribution in [3.05, 3.63) is 34.1 Å². The first kappa shape index (κ1) is 18.4. The average Bonchev–Trinajstić information content (AvgIpc) is 2.63. The van der Waals surface area contributed by atoms with Crippen LogP contribution < -0.4 is 0 Å². The fourth-order valence-corrected chi connectivity index (χ4v) is 2.96. The van der Waals surface area contributed by atoms with Crippen molar-refractivity contribution in [3.8, 4) is 0 Å². The number of carbonyl (C=O) groups is 1. The van der Waals surface area contributed by atoms with E-state index in [2.05, 4.69) is 15.9 Å². The highest BCUT2D eigenvalue weighted by molar-refractivity contribution is 9.10. The molecule has 7 heteroatoms. The number of halogens is 2. The van der Waals surface area contributed by atoms with Gasteiger partial charge in [-0.05, 0) is 51.5 Å². The summed E-state index contributed by atoms with van der Waals surface area (Å²) in [5, 5.41) is 0. The van der Waals surface area contributed by atoms with Crippen LogP contribution in [0.3, 0.4) is 0 Å². The Balaban J connectivity index is 2.37. The number of rotatable bonds is 4. The molecule has 1 atom stereocenters. The van der Waals surface area contributed by atoms with Crippen LogP contribution in [0.25, 0.3) is 0 Å². The van der Waals surface area contributed by atoms with Crippen LogP contribution in [0.5, 0.6) is 0 Å². The van der Waals surface area contributed by atoms with Crippen LogP contribution in [0.4, 0.5) is 4.39 Å². The monoisotopic (exact) mass is 386 g/mol.